The van der Waals surface area contributed by atoms with Crippen molar-refractivity contribution in [3.05, 3.63) is 47.5 Å². The predicted octanol–water partition coefficient (Wildman–Crippen LogP) is 3.70. The van der Waals surface area contributed by atoms with Crippen LogP contribution in [0.1, 0.15) is 29.4 Å². The Balaban J connectivity index is 2.26. The van der Waals surface area contributed by atoms with Crippen LogP contribution in [0.2, 0.25) is 0 Å². The van der Waals surface area contributed by atoms with Crippen LogP contribution in [0.25, 0.3) is 0 Å². The van der Waals surface area contributed by atoms with Crippen molar-refractivity contribution in [2.75, 3.05) is 5.32 Å². The first-order valence-corrected chi connectivity index (χ1v) is 6.53. The SMILES string of the molecule is CCCn1nccc1C(=O)Nc1cc(C(F)(F)F)ccc1F. The molecule has 0 radical (unpaired) electrons. The third-order valence-corrected chi connectivity index (χ3v) is 2.93. The first kappa shape index (κ1) is 16.0. The average Bonchev–Trinajstić information content (AvgIpc) is 2.88. The molecule has 118 valence electrons. The lowest BCUT2D eigenvalue weighted by Gasteiger charge is -2.11. The molecule has 0 aliphatic rings. The molecule has 0 saturated carbocycles. The van der Waals surface area contributed by atoms with Gasteiger partial charge in [-0.3, -0.25) is 9.48 Å². The number of nitrogens with one attached hydrogen (secondary N) is 1. The summed E-state index contributed by atoms with van der Waals surface area (Å²) >= 11 is 0. The van der Waals surface area contributed by atoms with Gasteiger partial charge in [-0.1, -0.05) is 6.92 Å². The number of rotatable bonds is 4. The van der Waals surface area contributed by atoms with Crippen LogP contribution < -0.4 is 5.32 Å². The van der Waals surface area contributed by atoms with E-state index in [1.807, 2.05) is 6.92 Å². The third kappa shape index (κ3) is 3.44. The molecule has 1 N–H and O–H groups in total. The van der Waals surface area contributed by atoms with Crippen LogP contribution in [-0.4, -0.2) is 15.7 Å². The summed E-state index contributed by atoms with van der Waals surface area (Å²) in [5.41, 5.74) is -1.41. The zero-order valence-electron chi connectivity index (χ0n) is 11.6. The first-order valence-electron chi connectivity index (χ1n) is 6.53. The molecule has 8 heteroatoms. The molecule has 22 heavy (non-hydrogen) atoms. The van der Waals surface area contributed by atoms with E-state index in [0.29, 0.717) is 24.7 Å². The van der Waals surface area contributed by atoms with Gasteiger partial charge in [-0.05, 0) is 30.7 Å². The van der Waals surface area contributed by atoms with E-state index in [1.165, 1.54) is 16.9 Å². The molecule has 0 fully saturated rings. The van der Waals surface area contributed by atoms with Crippen LogP contribution in [0.4, 0.5) is 23.2 Å². The maximum atomic E-state index is 13.6. The second-order valence-corrected chi connectivity index (χ2v) is 4.59. The van der Waals surface area contributed by atoms with Gasteiger partial charge in [0, 0.05) is 12.7 Å². The molecule has 2 aromatic rings. The molecule has 0 atom stereocenters. The number of carbonyl (C=O) groups excluding carboxylic acids is 1. The van der Waals surface area contributed by atoms with Gasteiger partial charge in [-0.15, -0.1) is 0 Å². The largest absolute Gasteiger partial charge is 0.416 e. The highest BCUT2D eigenvalue weighted by atomic mass is 19.4. The summed E-state index contributed by atoms with van der Waals surface area (Å²) in [5, 5.41) is 6.08. The van der Waals surface area contributed by atoms with E-state index in [-0.39, 0.29) is 5.69 Å². The molecule has 2 rings (SSSR count). The second-order valence-electron chi connectivity index (χ2n) is 4.59. The highest BCUT2D eigenvalue weighted by molar-refractivity contribution is 6.03. The lowest BCUT2D eigenvalue weighted by atomic mass is 10.2. The Hall–Kier alpha value is -2.38. The third-order valence-electron chi connectivity index (χ3n) is 2.93. The molecule has 0 aliphatic carbocycles. The lowest BCUT2D eigenvalue weighted by Crippen LogP contribution is -2.19. The van der Waals surface area contributed by atoms with Crippen molar-refractivity contribution in [3.63, 3.8) is 0 Å². The number of hydrogen-bond donors (Lipinski definition) is 1. The summed E-state index contributed by atoms with van der Waals surface area (Å²) in [4.78, 5) is 12.1. The Morgan fingerprint density at radius 3 is 2.68 bits per heavy atom. The fourth-order valence-corrected chi connectivity index (χ4v) is 1.90. The Morgan fingerprint density at radius 1 is 1.32 bits per heavy atom. The second kappa shape index (κ2) is 6.17. The van der Waals surface area contributed by atoms with Crippen LogP contribution >= 0.6 is 0 Å². The van der Waals surface area contributed by atoms with Gasteiger partial charge in [0.1, 0.15) is 11.5 Å². The molecular formula is C14H13F4N3O. The molecule has 1 aromatic heterocycles. The normalized spacial score (nSPS) is 11.5. The van der Waals surface area contributed by atoms with Gasteiger partial charge in [0.05, 0.1) is 11.3 Å². The number of benzene rings is 1. The van der Waals surface area contributed by atoms with E-state index in [9.17, 15) is 22.4 Å². The van der Waals surface area contributed by atoms with Crippen molar-refractivity contribution < 1.29 is 22.4 Å². The number of nitrogens with zero attached hydrogens (tertiary/aromatic N) is 2. The van der Waals surface area contributed by atoms with Gasteiger partial charge in [-0.25, -0.2) is 4.39 Å². The smallest absolute Gasteiger partial charge is 0.318 e. The fraction of sp³-hybridized carbons (Fsp3) is 0.286. The number of alkyl halides is 3. The minimum absolute atomic E-state index is 0.152. The molecular weight excluding hydrogens is 302 g/mol. The Labute approximate surface area is 123 Å². The molecule has 1 aromatic carbocycles. The summed E-state index contributed by atoms with van der Waals surface area (Å²) in [5.74, 6) is -1.66. The van der Waals surface area contributed by atoms with E-state index in [4.69, 9.17) is 0 Å². The fourth-order valence-electron chi connectivity index (χ4n) is 1.90. The molecule has 1 heterocycles. The number of halogens is 4. The van der Waals surface area contributed by atoms with Crippen molar-refractivity contribution in [3.8, 4) is 0 Å². The first-order chi connectivity index (χ1) is 10.3. The van der Waals surface area contributed by atoms with Gasteiger partial charge in [0.15, 0.2) is 0 Å². The number of aromatic nitrogens is 2. The minimum atomic E-state index is -4.61. The van der Waals surface area contributed by atoms with Crippen LogP contribution in [-0.2, 0) is 12.7 Å². The van der Waals surface area contributed by atoms with Crippen molar-refractivity contribution in [1.29, 1.82) is 0 Å². The monoisotopic (exact) mass is 315 g/mol. The summed E-state index contributed by atoms with van der Waals surface area (Å²) in [6.07, 6.45) is -2.50. The number of hydrogen-bond acceptors (Lipinski definition) is 2. The van der Waals surface area contributed by atoms with Crippen molar-refractivity contribution in [2.24, 2.45) is 0 Å². The van der Waals surface area contributed by atoms with E-state index in [0.717, 1.165) is 6.42 Å². The molecule has 4 nitrogen and oxygen atoms in total. The van der Waals surface area contributed by atoms with E-state index >= 15 is 0 Å². The van der Waals surface area contributed by atoms with Gasteiger partial charge < -0.3 is 5.32 Å². The maximum absolute atomic E-state index is 13.6. The van der Waals surface area contributed by atoms with E-state index < -0.39 is 29.2 Å². The predicted molar refractivity (Wildman–Crippen MR) is 71.9 cm³/mol. The van der Waals surface area contributed by atoms with Crippen LogP contribution in [0.3, 0.4) is 0 Å². The Morgan fingerprint density at radius 2 is 2.05 bits per heavy atom. The number of amides is 1. The maximum Gasteiger partial charge on any atom is 0.416 e. The molecule has 1 amide bonds. The number of carbonyl (C=O) groups is 1. The van der Waals surface area contributed by atoms with Gasteiger partial charge >= 0.3 is 6.18 Å². The van der Waals surface area contributed by atoms with Crippen molar-refractivity contribution >= 4 is 11.6 Å². The van der Waals surface area contributed by atoms with Crippen molar-refractivity contribution in [1.82, 2.24) is 9.78 Å². The van der Waals surface area contributed by atoms with Gasteiger partial charge in [0.25, 0.3) is 5.91 Å². The van der Waals surface area contributed by atoms with Crippen LogP contribution in [0.15, 0.2) is 30.5 Å². The Bertz CT molecular complexity index is 679. The minimum Gasteiger partial charge on any atom is -0.318 e. The zero-order valence-corrected chi connectivity index (χ0v) is 11.6. The van der Waals surface area contributed by atoms with E-state index in [2.05, 4.69) is 10.4 Å². The summed E-state index contributed by atoms with van der Waals surface area (Å²) in [7, 11) is 0. The molecule has 0 bridgehead atoms. The summed E-state index contributed by atoms with van der Waals surface area (Å²) in [6.45, 7) is 2.36. The lowest BCUT2D eigenvalue weighted by molar-refractivity contribution is -0.137. The summed E-state index contributed by atoms with van der Waals surface area (Å²) < 4.78 is 52.9. The van der Waals surface area contributed by atoms with Crippen LogP contribution in [0.5, 0.6) is 0 Å². The Kier molecular flexibility index (Phi) is 4.48. The standard InChI is InChI=1S/C14H13F4N3O/c1-2-7-21-12(5-6-19-21)13(22)20-11-8-9(14(16,17)18)3-4-10(11)15/h3-6,8H,2,7H2,1H3,(H,20,22). The molecule has 0 spiro atoms. The quantitative estimate of drug-likeness (QED) is 0.875. The van der Waals surface area contributed by atoms with Crippen LogP contribution in [0, 0.1) is 5.82 Å². The zero-order chi connectivity index (χ0) is 16.3. The summed E-state index contributed by atoms with van der Waals surface area (Å²) in [6, 6.07) is 3.26. The highest BCUT2D eigenvalue weighted by Gasteiger charge is 2.31. The van der Waals surface area contributed by atoms with Gasteiger partial charge in [-0.2, -0.15) is 18.3 Å². The molecule has 0 aliphatic heterocycles. The molecule has 0 saturated heterocycles. The number of anilines is 1. The average molecular weight is 315 g/mol. The topological polar surface area (TPSA) is 46.9 Å². The van der Waals surface area contributed by atoms with E-state index in [1.54, 1.807) is 0 Å². The van der Waals surface area contributed by atoms with Gasteiger partial charge in [0.2, 0.25) is 0 Å². The van der Waals surface area contributed by atoms with Crippen molar-refractivity contribution in [2.45, 2.75) is 26.1 Å². The number of aryl methyl sites for hydroxylation is 1. The highest BCUT2D eigenvalue weighted by Crippen LogP contribution is 2.31. The molecule has 0 unspecified atom stereocenters.